The molecule has 0 saturated heterocycles. The Hall–Kier alpha value is -1.32. The zero-order valence-electron chi connectivity index (χ0n) is 11.9. The molecule has 0 aliphatic heterocycles. The highest BCUT2D eigenvalue weighted by molar-refractivity contribution is 6.31. The molecule has 102 valence electrons. The van der Waals surface area contributed by atoms with Crippen LogP contribution in [0.25, 0.3) is 0 Å². The van der Waals surface area contributed by atoms with Gasteiger partial charge in [-0.2, -0.15) is 5.10 Å². The molecule has 1 unspecified atom stereocenters. The Labute approximate surface area is 119 Å². The molecule has 2 rings (SSSR count). The van der Waals surface area contributed by atoms with Crippen LogP contribution in [0.5, 0.6) is 0 Å². The van der Waals surface area contributed by atoms with Gasteiger partial charge in [-0.15, -0.1) is 0 Å². The molecule has 1 aromatic carbocycles. The van der Waals surface area contributed by atoms with Gasteiger partial charge in [0.15, 0.2) is 0 Å². The molecule has 0 spiro atoms. The maximum Gasteiger partial charge on any atom is 0.0837 e. The van der Waals surface area contributed by atoms with E-state index in [-0.39, 0.29) is 6.04 Å². The summed E-state index contributed by atoms with van der Waals surface area (Å²) in [6.45, 7) is 7.25. The molecule has 19 heavy (non-hydrogen) atoms. The van der Waals surface area contributed by atoms with E-state index in [1.807, 2.05) is 11.7 Å². The van der Waals surface area contributed by atoms with E-state index in [0.29, 0.717) is 5.02 Å². The van der Waals surface area contributed by atoms with Gasteiger partial charge in [-0.25, -0.2) is 0 Å². The molecule has 0 fully saturated rings. The quantitative estimate of drug-likeness (QED) is 0.928. The van der Waals surface area contributed by atoms with Crippen LogP contribution in [0.2, 0.25) is 5.02 Å². The Morgan fingerprint density at radius 1 is 1.32 bits per heavy atom. The van der Waals surface area contributed by atoms with Gasteiger partial charge in [0, 0.05) is 7.05 Å². The van der Waals surface area contributed by atoms with Gasteiger partial charge in [0.05, 0.1) is 23.0 Å². The maximum atomic E-state index is 6.31. The predicted molar refractivity (Wildman–Crippen MR) is 79.7 cm³/mol. The Bertz CT molecular complexity index is 535. The molecule has 1 aromatic heterocycles. The predicted octanol–water partition coefficient (Wildman–Crippen LogP) is 3.39. The van der Waals surface area contributed by atoms with Gasteiger partial charge < -0.3 is 5.32 Å². The monoisotopic (exact) mass is 277 g/mol. The van der Waals surface area contributed by atoms with Crippen molar-refractivity contribution in [2.24, 2.45) is 7.05 Å². The van der Waals surface area contributed by atoms with Gasteiger partial charge in [-0.1, -0.05) is 36.7 Å². The van der Waals surface area contributed by atoms with Crippen molar-refractivity contribution in [1.82, 2.24) is 15.1 Å². The molecule has 3 nitrogen and oxygen atoms in total. The van der Waals surface area contributed by atoms with Crippen molar-refractivity contribution in [2.75, 3.05) is 6.54 Å². The van der Waals surface area contributed by atoms with Crippen LogP contribution in [0.4, 0.5) is 0 Å². The van der Waals surface area contributed by atoms with Gasteiger partial charge in [0.1, 0.15) is 0 Å². The van der Waals surface area contributed by atoms with Gasteiger partial charge >= 0.3 is 0 Å². The minimum atomic E-state index is 0.0752. The van der Waals surface area contributed by atoms with Gasteiger partial charge in [0.25, 0.3) is 0 Å². The van der Waals surface area contributed by atoms with Crippen LogP contribution < -0.4 is 5.32 Å². The van der Waals surface area contributed by atoms with E-state index in [1.165, 1.54) is 16.7 Å². The summed E-state index contributed by atoms with van der Waals surface area (Å²) in [7, 11) is 1.93. The molecule has 1 N–H and O–H groups in total. The Morgan fingerprint density at radius 3 is 2.42 bits per heavy atom. The van der Waals surface area contributed by atoms with Crippen molar-refractivity contribution in [3.8, 4) is 0 Å². The molecular weight excluding hydrogens is 258 g/mol. The first-order valence-corrected chi connectivity index (χ1v) is 6.91. The van der Waals surface area contributed by atoms with Gasteiger partial charge in [0.2, 0.25) is 0 Å². The molecule has 2 aromatic rings. The maximum absolute atomic E-state index is 6.31. The highest BCUT2D eigenvalue weighted by Crippen LogP contribution is 2.31. The van der Waals surface area contributed by atoms with Crippen molar-refractivity contribution in [2.45, 2.75) is 26.8 Å². The third kappa shape index (κ3) is 2.67. The highest BCUT2D eigenvalue weighted by atomic mass is 35.5. The zero-order chi connectivity index (χ0) is 14.0. The molecule has 0 saturated carbocycles. The van der Waals surface area contributed by atoms with Crippen molar-refractivity contribution in [1.29, 1.82) is 0 Å². The fourth-order valence-corrected chi connectivity index (χ4v) is 2.84. The molecule has 0 aliphatic rings. The lowest BCUT2D eigenvalue weighted by atomic mass is 9.94. The standard InChI is InChI=1S/C15H20ClN3/c1-5-17-14(15-12(16)9-18-19(15)4)13-10(2)7-6-8-11(13)3/h6-9,14,17H,5H2,1-4H3. The lowest BCUT2D eigenvalue weighted by molar-refractivity contribution is 0.569. The molecule has 1 atom stereocenters. The van der Waals surface area contributed by atoms with E-state index >= 15 is 0 Å². The summed E-state index contributed by atoms with van der Waals surface area (Å²) in [5.41, 5.74) is 4.84. The largest absolute Gasteiger partial charge is 0.305 e. The average Bonchev–Trinajstić information content (AvgIpc) is 2.68. The van der Waals surface area contributed by atoms with E-state index in [1.54, 1.807) is 6.20 Å². The second-order valence-electron chi connectivity index (χ2n) is 4.80. The smallest absolute Gasteiger partial charge is 0.0837 e. The van der Waals surface area contributed by atoms with E-state index in [4.69, 9.17) is 11.6 Å². The van der Waals surface area contributed by atoms with Crippen LogP contribution in [0.15, 0.2) is 24.4 Å². The van der Waals surface area contributed by atoms with Gasteiger partial charge in [-0.05, 0) is 37.1 Å². The summed E-state index contributed by atoms with van der Waals surface area (Å²) in [5, 5.41) is 8.47. The van der Waals surface area contributed by atoms with Crippen molar-refractivity contribution in [3.05, 3.63) is 51.8 Å². The fraction of sp³-hybridized carbons (Fsp3) is 0.400. The van der Waals surface area contributed by atoms with Crippen LogP contribution in [-0.2, 0) is 7.05 Å². The molecule has 0 radical (unpaired) electrons. The van der Waals surface area contributed by atoms with E-state index < -0.39 is 0 Å². The molecule has 0 aliphatic carbocycles. The summed E-state index contributed by atoms with van der Waals surface area (Å²) in [5.74, 6) is 0. The number of nitrogens with zero attached hydrogens (tertiary/aromatic N) is 2. The average molecular weight is 278 g/mol. The van der Waals surface area contributed by atoms with E-state index in [2.05, 4.69) is 49.4 Å². The summed E-state index contributed by atoms with van der Waals surface area (Å²) in [6, 6.07) is 6.43. The lowest BCUT2D eigenvalue weighted by Crippen LogP contribution is -2.26. The molecule has 0 amide bonds. The number of benzene rings is 1. The van der Waals surface area contributed by atoms with Crippen molar-refractivity contribution < 1.29 is 0 Å². The third-order valence-corrected chi connectivity index (χ3v) is 3.74. The fourth-order valence-electron chi connectivity index (χ4n) is 2.57. The number of aryl methyl sites for hydroxylation is 3. The third-order valence-electron chi connectivity index (χ3n) is 3.45. The minimum Gasteiger partial charge on any atom is -0.305 e. The summed E-state index contributed by atoms with van der Waals surface area (Å²) in [6.07, 6.45) is 1.70. The Balaban J connectivity index is 2.58. The van der Waals surface area contributed by atoms with Crippen LogP contribution in [-0.4, -0.2) is 16.3 Å². The number of rotatable bonds is 4. The van der Waals surface area contributed by atoms with Crippen LogP contribution in [0.3, 0.4) is 0 Å². The zero-order valence-corrected chi connectivity index (χ0v) is 12.6. The Kier molecular flexibility index (Phi) is 4.27. The number of hydrogen-bond acceptors (Lipinski definition) is 2. The highest BCUT2D eigenvalue weighted by Gasteiger charge is 2.22. The van der Waals surface area contributed by atoms with Crippen molar-refractivity contribution >= 4 is 11.6 Å². The van der Waals surface area contributed by atoms with Gasteiger partial charge in [-0.3, -0.25) is 4.68 Å². The molecule has 1 heterocycles. The van der Waals surface area contributed by atoms with E-state index in [9.17, 15) is 0 Å². The topological polar surface area (TPSA) is 29.9 Å². The number of halogens is 1. The normalized spacial score (nSPS) is 12.7. The first-order chi connectivity index (χ1) is 9.06. The lowest BCUT2D eigenvalue weighted by Gasteiger charge is -2.23. The second-order valence-corrected chi connectivity index (χ2v) is 5.20. The summed E-state index contributed by atoms with van der Waals surface area (Å²) in [4.78, 5) is 0. The molecular formula is C15H20ClN3. The minimum absolute atomic E-state index is 0.0752. The van der Waals surface area contributed by atoms with Crippen molar-refractivity contribution in [3.63, 3.8) is 0 Å². The first-order valence-electron chi connectivity index (χ1n) is 6.53. The number of hydrogen-bond donors (Lipinski definition) is 1. The molecule has 4 heteroatoms. The Morgan fingerprint density at radius 2 is 1.95 bits per heavy atom. The number of aromatic nitrogens is 2. The summed E-state index contributed by atoms with van der Waals surface area (Å²) < 4.78 is 1.85. The SMILES string of the molecule is CCNC(c1c(C)cccc1C)c1c(Cl)cnn1C. The number of nitrogens with one attached hydrogen (secondary N) is 1. The second kappa shape index (κ2) is 5.76. The van der Waals surface area contributed by atoms with Crippen LogP contribution >= 0.6 is 11.6 Å². The first kappa shape index (κ1) is 14.1. The van der Waals surface area contributed by atoms with Crippen LogP contribution in [0.1, 0.15) is 35.3 Å². The summed E-state index contributed by atoms with van der Waals surface area (Å²) >= 11 is 6.31. The van der Waals surface area contributed by atoms with Crippen LogP contribution in [0, 0.1) is 13.8 Å². The van der Waals surface area contributed by atoms with E-state index in [0.717, 1.165) is 12.2 Å². The molecule has 0 bridgehead atoms.